The summed E-state index contributed by atoms with van der Waals surface area (Å²) in [5.41, 5.74) is 7.23. The monoisotopic (exact) mass is 255 g/mol. The van der Waals surface area contributed by atoms with E-state index in [1.807, 2.05) is 12.1 Å². The smallest absolute Gasteiger partial charge is 0.120 e. The topological polar surface area (TPSA) is 44.5 Å². The van der Waals surface area contributed by atoms with E-state index in [0.717, 1.165) is 37.4 Å². The van der Waals surface area contributed by atoms with Gasteiger partial charge in [-0.05, 0) is 30.5 Å². The third kappa shape index (κ3) is 2.92. The lowest BCUT2D eigenvalue weighted by atomic mass is 9.89. The maximum absolute atomic E-state index is 6.26. The fraction of sp³-hybridized carbons (Fsp3) is 0.538. The summed E-state index contributed by atoms with van der Waals surface area (Å²) < 4.78 is 10.6. The van der Waals surface area contributed by atoms with Crippen LogP contribution in [0.4, 0.5) is 0 Å². The van der Waals surface area contributed by atoms with Crippen molar-refractivity contribution in [2.75, 3.05) is 20.3 Å². The number of rotatable bonds is 3. The molecule has 17 heavy (non-hydrogen) atoms. The van der Waals surface area contributed by atoms with Gasteiger partial charge in [-0.25, -0.2) is 0 Å². The number of hydrogen-bond donors (Lipinski definition) is 1. The molecular weight excluding hydrogens is 238 g/mol. The van der Waals surface area contributed by atoms with Gasteiger partial charge in [0.2, 0.25) is 0 Å². The van der Waals surface area contributed by atoms with Gasteiger partial charge in [0.05, 0.1) is 13.7 Å². The minimum atomic E-state index is -0.0614. The van der Waals surface area contributed by atoms with Crippen LogP contribution in [-0.2, 0) is 4.74 Å². The Morgan fingerprint density at radius 1 is 1.53 bits per heavy atom. The minimum absolute atomic E-state index is 0.0614. The number of halogens is 1. The second-order valence-corrected chi connectivity index (χ2v) is 4.80. The summed E-state index contributed by atoms with van der Waals surface area (Å²) in [6.07, 6.45) is 2.18. The van der Waals surface area contributed by atoms with Crippen LogP contribution in [0, 0.1) is 5.92 Å². The number of ether oxygens (including phenoxy) is 2. The lowest BCUT2D eigenvalue weighted by Crippen LogP contribution is -2.29. The highest BCUT2D eigenvalue weighted by molar-refractivity contribution is 6.31. The van der Waals surface area contributed by atoms with E-state index in [2.05, 4.69) is 0 Å². The number of benzene rings is 1. The molecule has 0 bridgehead atoms. The van der Waals surface area contributed by atoms with Gasteiger partial charge in [0.1, 0.15) is 5.75 Å². The van der Waals surface area contributed by atoms with Crippen molar-refractivity contribution < 1.29 is 9.47 Å². The van der Waals surface area contributed by atoms with Gasteiger partial charge in [-0.2, -0.15) is 0 Å². The first kappa shape index (κ1) is 12.7. The first-order valence-corrected chi connectivity index (χ1v) is 6.27. The average Bonchev–Trinajstić information content (AvgIpc) is 2.39. The Morgan fingerprint density at radius 2 is 2.35 bits per heavy atom. The lowest BCUT2D eigenvalue weighted by Gasteiger charge is -2.28. The third-order valence-electron chi connectivity index (χ3n) is 3.27. The maximum Gasteiger partial charge on any atom is 0.120 e. The van der Waals surface area contributed by atoms with Gasteiger partial charge >= 0.3 is 0 Å². The van der Waals surface area contributed by atoms with Gasteiger partial charge < -0.3 is 15.2 Å². The molecule has 1 aliphatic heterocycles. The lowest BCUT2D eigenvalue weighted by molar-refractivity contribution is 0.0448. The van der Waals surface area contributed by atoms with Gasteiger partial charge in [0.25, 0.3) is 0 Å². The first-order valence-electron chi connectivity index (χ1n) is 5.89. The Labute approximate surface area is 107 Å². The zero-order valence-electron chi connectivity index (χ0n) is 9.99. The van der Waals surface area contributed by atoms with E-state index in [1.165, 1.54) is 0 Å². The Bertz CT molecular complexity index is 378. The van der Waals surface area contributed by atoms with E-state index in [0.29, 0.717) is 10.9 Å². The molecule has 2 rings (SSSR count). The van der Waals surface area contributed by atoms with E-state index in [1.54, 1.807) is 13.2 Å². The van der Waals surface area contributed by atoms with Crippen LogP contribution in [0.15, 0.2) is 18.2 Å². The molecule has 1 aromatic rings. The summed E-state index contributed by atoms with van der Waals surface area (Å²) in [6, 6.07) is 5.58. The van der Waals surface area contributed by atoms with Crippen LogP contribution in [-0.4, -0.2) is 20.3 Å². The van der Waals surface area contributed by atoms with Crippen molar-refractivity contribution in [2.45, 2.75) is 18.9 Å². The van der Waals surface area contributed by atoms with Crippen LogP contribution < -0.4 is 10.5 Å². The van der Waals surface area contributed by atoms with E-state index >= 15 is 0 Å². The van der Waals surface area contributed by atoms with Crippen molar-refractivity contribution in [1.29, 1.82) is 0 Å². The predicted molar refractivity (Wildman–Crippen MR) is 68.5 cm³/mol. The van der Waals surface area contributed by atoms with Crippen molar-refractivity contribution in [3.05, 3.63) is 28.8 Å². The number of nitrogens with two attached hydrogens (primary N) is 1. The summed E-state index contributed by atoms with van der Waals surface area (Å²) in [5, 5.41) is 0.669. The third-order valence-corrected chi connectivity index (χ3v) is 3.60. The van der Waals surface area contributed by atoms with Gasteiger partial charge in [-0.1, -0.05) is 17.7 Å². The van der Waals surface area contributed by atoms with Crippen molar-refractivity contribution in [2.24, 2.45) is 11.7 Å². The van der Waals surface area contributed by atoms with Gasteiger partial charge in [-0.15, -0.1) is 0 Å². The van der Waals surface area contributed by atoms with Crippen molar-refractivity contribution >= 4 is 11.6 Å². The molecule has 94 valence electrons. The van der Waals surface area contributed by atoms with Crippen LogP contribution in [0.2, 0.25) is 5.02 Å². The zero-order valence-corrected chi connectivity index (χ0v) is 10.7. The molecule has 0 radical (unpaired) electrons. The van der Waals surface area contributed by atoms with Crippen molar-refractivity contribution in [1.82, 2.24) is 0 Å². The van der Waals surface area contributed by atoms with Crippen LogP contribution in [0.3, 0.4) is 0 Å². The molecule has 1 aliphatic rings. The zero-order chi connectivity index (χ0) is 12.3. The standard InChI is InChI=1S/C13H18ClNO2/c1-16-10-4-5-11(12(14)7-10)13(15)9-3-2-6-17-8-9/h4-5,7,9,13H,2-3,6,8,15H2,1H3. The van der Waals surface area contributed by atoms with Crippen molar-refractivity contribution in [3.63, 3.8) is 0 Å². The van der Waals surface area contributed by atoms with Crippen LogP contribution in [0.25, 0.3) is 0 Å². The average molecular weight is 256 g/mol. The molecular formula is C13H18ClNO2. The molecule has 4 heteroatoms. The second kappa shape index (κ2) is 5.71. The highest BCUT2D eigenvalue weighted by Crippen LogP contribution is 2.32. The fourth-order valence-corrected chi connectivity index (χ4v) is 2.50. The summed E-state index contributed by atoms with van der Waals surface area (Å²) in [7, 11) is 1.63. The summed E-state index contributed by atoms with van der Waals surface area (Å²) >= 11 is 6.22. The summed E-state index contributed by atoms with van der Waals surface area (Å²) in [4.78, 5) is 0. The number of methoxy groups -OCH3 is 1. The van der Waals surface area contributed by atoms with E-state index in [9.17, 15) is 0 Å². The minimum Gasteiger partial charge on any atom is -0.497 e. The highest BCUT2D eigenvalue weighted by Gasteiger charge is 2.24. The largest absolute Gasteiger partial charge is 0.497 e. The molecule has 2 unspecified atom stereocenters. The first-order chi connectivity index (χ1) is 8.22. The molecule has 0 aliphatic carbocycles. The SMILES string of the molecule is COc1ccc(C(N)C2CCCOC2)c(Cl)c1. The quantitative estimate of drug-likeness (QED) is 0.903. The van der Waals surface area contributed by atoms with Gasteiger partial charge in [0.15, 0.2) is 0 Å². The highest BCUT2D eigenvalue weighted by atomic mass is 35.5. The number of hydrogen-bond acceptors (Lipinski definition) is 3. The van der Waals surface area contributed by atoms with Crippen LogP contribution in [0.1, 0.15) is 24.4 Å². The van der Waals surface area contributed by atoms with E-state index in [-0.39, 0.29) is 6.04 Å². The summed E-state index contributed by atoms with van der Waals surface area (Å²) in [5.74, 6) is 1.11. The van der Waals surface area contributed by atoms with Gasteiger partial charge in [-0.3, -0.25) is 0 Å². The molecule has 0 aromatic heterocycles. The second-order valence-electron chi connectivity index (χ2n) is 4.39. The molecule has 0 spiro atoms. The molecule has 2 N–H and O–H groups in total. The molecule has 3 nitrogen and oxygen atoms in total. The van der Waals surface area contributed by atoms with E-state index < -0.39 is 0 Å². The Morgan fingerprint density at radius 3 is 2.94 bits per heavy atom. The predicted octanol–water partition coefficient (Wildman–Crippen LogP) is 2.78. The van der Waals surface area contributed by atoms with Crippen LogP contribution in [0.5, 0.6) is 5.75 Å². The molecule has 1 aromatic carbocycles. The molecule has 2 atom stereocenters. The normalized spacial score (nSPS) is 22.2. The fourth-order valence-electron chi connectivity index (χ4n) is 2.21. The Balaban J connectivity index is 2.15. The molecule has 0 saturated carbocycles. The van der Waals surface area contributed by atoms with Gasteiger partial charge in [0, 0.05) is 23.6 Å². The van der Waals surface area contributed by atoms with Crippen molar-refractivity contribution in [3.8, 4) is 5.75 Å². The summed E-state index contributed by atoms with van der Waals surface area (Å²) in [6.45, 7) is 1.57. The Kier molecular flexibility index (Phi) is 4.26. The molecule has 1 saturated heterocycles. The maximum atomic E-state index is 6.26. The molecule has 0 amide bonds. The van der Waals surface area contributed by atoms with Crippen LogP contribution >= 0.6 is 11.6 Å². The molecule has 1 fully saturated rings. The Hall–Kier alpha value is -0.770. The molecule has 1 heterocycles. The van der Waals surface area contributed by atoms with E-state index in [4.69, 9.17) is 26.8 Å².